The molecule has 2 N–H and O–H groups in total. The van der Waals surface area contributed by atoms with Crippen molar-refractivity contribution in [3.63, 3.8) is 0 Å². The Labute approximate surface area is 98.7 Å². The van der Waals surface area contributed by atoms with Gasteiger partial charge >= 0.3 is 5.97 Å². The van der Waals surface area contributed by atoms with Crippen molar-refractivity contribution in [3.8, 4) is 6.07 Å². The average molecular weight is 232 g/mol. The highest BCUT2D eigenvalue weighted by Crippen LogP contribution is 2.19. The minimum Gasteiger partial charge on any atom is -0.481 e. The van der Waals surface area contributed by atoms with Crippen molar-refractivity contribution >= 4 is 17.6 Å². The summed E-state index contributed by atoms with van der Waals surface area (Å²) in [5, 5.41) is 20.1. The molecule has 0 radical (unpaired) electrons. The van der Waals surface area contributed by atoms with E-state index in [1.165, 1.54) is 6.92 Å². The molecule has 1 rings (SSSR count). The Bertz CT molecular complexity index is 503. The van der Waals surface area contributed by atoms with Gasteiger partial charge in [-0.3, -0.25) is 9.59 Å². The van der Waals surface area contributed by atoms with Crippen LogP contribution in [0.1, 0.15) is 18.1 Å². The maximum absolute atomic E-state index is 11.5. The molecule has 0 bridgehead atoms. The molecule has 0 saturated heterocycles. The van der Waals surface area contributed by atoms with Gasteiger partial charge in [0.1, 0.15) is 12.0 Å². The number of carboxylic acid groups (broad SMARTS) is 1. The molecular formula is C12H12N2O3. The number of nitrogens with zero attached hydrogens (tertiary/aromatic N) is 1. The monoisotopic (exact) mass is 232 g/mol. The van der Waals surface area contributed by atoms with E-state index < -0.39 is 17.8 Å². The van der Waals surface area contributed by atoms with Gasteiger partial charge in [-0.1, -0.05) is 12.1 Å². The fraction of sp³-hybridized carbons (Fsp3) is 0.250. The molecule has 1 aromatic carbocycles. The maximum atomic E-state index is 11.5. The van der Waals surface area contributed by atoms with Crippen LogP contribution in [0.2, 0.25) is 0 Å². The second kappa shape index (κ2) is 5.12. The third-order valence-corrected chi connectivity index (χ3v) is 2.41. The van der Waals surface area contributed by atoms with Crippen molar-refractivity contribution < 1.29 is 14.7 Å². The van der Waals surface area contributed by atoms with E-state index in [0.717, 1.165) is 5.56 Å². The molecule has 88 valence electrons. The standard InChI is InChI=1S/C12H12N2O3/c1-7-4-3-5-10(9(7)6-13)14-11(15)8(2)12(16)17/h3-5,8H,1-2H3,(H,14,15)(H,16,17). The highest BCUT2D eigenvalue weighted by molar-refractivity contribution is 6.04. The summed E-state index contributed by atoms with van der Waals surface area (Å²) in [6.45, 7) is 3.04. The van der Waals surface area contributed by atoms with Gasteiger partial charge < -0.3 is 10.4 Å². The molecular weight excluding hydrogens is 220 g/mol. The lowest BCUT2D eigenvalue weighted by molar-refractivity contribution is -0.144. The van der Waals surface area contributed by atoms with Crippen molar-refractivity contribution in [2.75, 3.05) is 5.32 Å². The van der Waals surface area contributed by atoms with Crippen LogP contribution < -0.4 is 5.32 Å². The van der Waals surface area contributed by atoms with Crippen LogP contribution in [0.15, 0.2) is 18.2 Å². The van der Waals surface area contributed by atoms with E-state index in [0.29, 0.717) is 11.3 Å². The first-order chi connectivity index (χ1) is 7.97. The third kappa shape index (κ3) is 2.82. The Morgan fingerprint density at radius 1 is 1.47 bits per heavy atom. The molecule has 0 spiro atoms. The minimum absolute atomic E-state index is 0.339. The van der Waals surface area contributed by atoms with Gasteiger partial charge in [0.05, 0.1) is 11.3 Å². The lowest BCUT2D eigenvalue weighted by Crippen LogP contribution is -2.27. The zero-order valence-corrected chi connectivity index (χ0v) is 9.52. The normalized spacial score (nSPS) is 11.4. The predicted molar refractivity (Wildman–Crippen MR) is 61.3 cm³/mol. The predicted octanol–water partition coefficient (Wildman–Crippen LogP) is 1.53. The van der Waals surface area contributed by atoms with Crippen molar-refractivity contribution in [1.29, 1.82) is 5.26 Å². The molecule has 1 atom stereocenters. The number of carbonyl (C=O) groups is 2. The van der Waals surface area contributed by atoms with E-state index in [-0.39, 0.29) is 0 Å². The van der Waals surface area contributed by atoms with Crippen molar-refractivity contribution in [3.05, 3.63) is 29.3 Å². The Morgan fingerprint density at radius 2 is 2.12 bits per heavy atom. The van der Waals surface area contributed by atoms with E-state index in [1.54, 1.807) is 25.1 Å². The number of nitriles is 1. The highest BCUT2D eigenvalue weighted by Gasteiger charge is 2.21. The van der Waals surface area contributed by atoms with Crippen LogP contribution in [0.3, 0.4) is 0 Å². The number of benzene rings is 1. The van der Waals surface area contributed by atoms with E-state index >= 15 is 0 Å². The topological polar surface area (TPSA) is 90.2 Å². The second-order valence-corrected chi connectivity index (χ2v) is 3.66. The number of amides is 1. The van der Waals surface area contributed by atoms with Crippen molar-refractivity contribution in [2.24, 2.45) is 5.92 Å². The zero-order valence-electron chi connectivity index (χ0n) is 9.52. The van der Waals surface area contributed by atoms with Crippen molar-refractivity contribution in [1.82, 2.24) is 0 Å². The van der Waals surface area contributed by atoms with Gasteiger partial charge in [-0.15, -0.1) is 0 Å². The van der Waals surface area contributed by atoms with E-state index in [9.17, 15) is 9.59 Å². The first kappa shape index (κ1) is 12.7. The number of hydrogen-bond acceptors (Lipinski definition) is 3. The van der Waals surface area contributed by atoms with Crippen LogP contribution in [-0.2, 0) is 9.59 Å². The second-order valence-electron chi connectivity index (χ2n) is 3.66. The van der Waals surface area contributed by atoms with E-state index in [4.69, 9.17) is 10.4 Å². The molecule has 0 aliphatic carbocycles. The number of hydrogen-bond donors (Lipinski definition) is 2. The number of aliphatic carboxylic acids is 1. The summed E-state index contributed by atoms with van der Waals surface area (Å²) in [6.07, 6.45) is 0. The Kier molecular flexibility index (Phi) is 3.83. The summed E-state index contributed by atoms with van der Waals surface area (Å²) in [7, 11) is 0. The molecule has 1 amide bonds. The number of anilines is 1. The van der Waals surface area contributed by atoms with Gasteiger partial charge in [0.25, 0.3) is 0 Å². The molecule has 0 aliphatic heterocycles. The van der Waals surface area contributed by atoms with Gasteiger partial charge in [0, 0.05) is 0 Å². The number of carbonyl (C=O) groups excluding carboxylic acids is 1. The summed E-state index contributed by atoms with van der Waals surface area (Å²) in [6, 6.07) is 6.98. The number of aryl methyl sites for hydroxylation is 1. The lowest BCUT2D eigenvalue weighted by atomic mass is 10.1. The Balaban J connectivity index is 2.97. The largest absolute Gasteiger partial charge is 0.481 e. The summed E-state index contributed by atoms with van der Waals surface area (Å²) < 4.78 is 0. The molecule has 0 heterocycles. The minimum atomic E-state index is -1.20. The van der Waals surface area contributed by atoms with Gasteiger partial charge in [-0.2, -0.15) is 5.26 Å². The molecule has 0 fully saturated rings. The smallest absolute Gasteiger partial charge is 0.315 e. The fourth-order valence-corrected chi connectivity index (χ4v) is 1.27. The van der Waals surface area contributed by atoms with E-state index in [2.05, 4.69) is 5.32 Å². The van der Waals surface area contributed by atoms with Gasteiger partial charge in [0.2, 0.25) is 5.91 Å². The Morgan fingerprint density at radius 3 is 2.65 bits per heavy atom. The molecule has 1 aromatic rings. The summed E-state index contributed by atoms with van der Waals surface area (Å²) >= 11 is 0. The summed E-state index contributed by atoms with van der Waals surface area (Å²) in [5.41, 5.74) is 1.41. The molecule has 17 heavy (non-hydrogen) atoms. The summed E-state index contributed by atoms with van der Waals surface area (Å²) in [5.74, 6) is -2.99. The number of rotatable bonds is 3. The van der Waals surface area contributed by atoms with Crippen LogP contribution in [-0.4, -0.2) is 17.0 Å². The summed E-state index contributed by atoms with van der Waals surface area (Å²) in [4.78, 5) is 22.2. The zero-order chi connectivity index (χ0) is 13.0. The molecule has 0 aromatic heterocycles. The van der Waals surface area contributed by atoms with Gasteiger partial charge in [0.15, 0.2) is 0 Å². The van der Waals surface area contributed by atoms with Crippen LogP contribution in [0.4, 0.5) is 5.69 Å². The SMILES string of the molecule is Cc1cccc(NC(=O)C(C)C(=O)O)c1C#N. The molecule has 5 nitrogen and oxygen atoms in total. The average Bonchev–Trinajstić information content (AvgIpc) is 2.28. The first-order valence-corrected chi connectivity index (χ1v) is 5.00. The van der Waals surface area contributed by atoms with Crippen LogP contribution in [0.25, 0.3) is 0 Å². The Hall–Kier alpha value is -2.35. The molecule has 0 saturated carbocycles. The molecule has 5 heteroatoms. The number of nitrogens with one attached hydrogen (secondary N) is 1. The fourth-order valence-electron chi connectivity index (χ4n) is 1.27. The maximum Gasteiger partial charge on any atom is 0.315 e. The quantitative estimate of drug-likeness (QED) is 0.773. The van der Waals surface area contributed by atoms with Gasteiger partial charge in [-0.25, -0.2) is 0 Å². The van der Waals surface area contributed by atoms with E-state index in [1.807, 2.05) is 6.07 Å². The highest BCUT2D eigenvalue weighted by atomic mass is 16.4. The third-order valence-electron chi connectivity index (χ3n) is 2.41. The van der Waals surface area contributed by atoms with Crippen LogP contribution in [0.5, 0.6) is 0 Å². The lowest BCUT2D eigenvalue weighted by Gasteiger charge is -2.10. The van der Waals surface area contributed by atoms with Crippen LogP contribution in [0, 0.1) is 24.2 Å². The van der Waals surface area contributed by atoms with Crippen molar-refractivity contribution in [2.45, 2.75) is 13.8 Å². The van der Waals surface area contributed by atoms with Gasteiger partial charge in [-0.05, 0) is 25.5 Å². The molecule has 0 aliphatic rings. The first-order valence-electron chi connectivity index (χ1n) is 5.00. The van der Waals surface area contributed by atoms with Crippen LogP contribution >= 0.6 is 0 Å². The number of carboxylic acids is 1. The molecule has 1 unspecified atom stereocenters.